The molecule has 2 fully saturated rings. The van der Waals surface area contributed by atoms with Crippen LogP contribution < -0.4 is 5.32 Å². The van der Waals surface area contributed by atoms with Crippen molar-refractivity contribution in [3.05, 3.63) is 35.4 Å². The Morgan fingerprint density at radius 3 is 2.60 bits per heavy atom. The lowest BCUT2D eigenvalue weighted by molar-refractivity contribution is 0.0714. The topological polar surface area (TPSA) is 52.6 Å². The number of likely N-dealkylation sites (tertiary alicyclic amines) is 1. The van der Waals surface area contributed by atoms with Crippen LogP contribution in [0.1, 0.15) is 68.3 Å². The number of hydrogen-bond acceptors (Lipinski definition) is 3. The van der Waals surface area contributed by atoms with Crippen LogP contribution in [0.15, 0.2) is 24.3 Å². The number of rotatable bonds is 7. The number of amides is 1. The highest BCUT2D eigenvalue weighted by molar-refractivity contribution is 5.95. The van der Waals surface area contributed by atoms with Crippen molar-refractivity contribution >= 4 is 5.91 Å². The van der Waals surface area contributed by atoms with Gasteiger partial charge in [0.05, 0.1) is 11.1 Å². The van der Waals surface area contributed by atoms with Crippen molar-refractivity contribution < 1.29 is 9.90 Å². The fraction of sp³-hybridized carbons (Fsp3) is 0.667. The first-order valence-corrected chi connectivity index (χ1v) is 9.72. The first-order chi connectivity index (χ1) is 11.9. The van der Waals surface area contributed by atoms with Crippen LogP contribution in [-0.2, 0) is 6.42 Å². The minimum absolute atomic E-state index is 0.00246. The standard InChI is InChI=1S/C21H32N2O2/c1-20(2,25)10-9-17-7-6-8-18(15-17)19(24)22-21(11-12-21)16-23-13-4-3-5-14-23/h6-8,15,25H,3-5,9-14,16H2,1-2H3,(H,22,24). The summed E-state index contributed by atoms with van der Waals surface area (Å²) in [6.45, 7) is 6.98. The summed E-state index contributed by atoms with van der Waals surface area (Å²) < 4.78 is 0. The second kappa shape index (κ2) is 7.46. The van der Waals surface area contributed by atoms with Gasteiger partial charge in [-0.15, -0.1) is 0 Å². The number of aliphatic hydroxyl groups is 1. The molecule has 4 nitrogen and oxygen atoms in total. The van der Waals surface area contributed by atoms with Crippen LogP contribution in [0.25, 0.3) is 0 Å². The summed E-state index contributed by atoms with van der Waals surface area (Å²) in [5, 5.41) is 13.2. The van der Waals surface area contributed by atoms with Gasteiger partial charge < -0.3 is 15.3 Å². The number of piperidine rings is 1. The number of carbonyl (C=O) groups is 1. The Hall–Kier alpha value is -1.39. The van der Waals surface area contributed by atoms with Crippen LogP contribution in [0.3, 0.4) is 0 Å². The number of hydrogen-bond donors (Lipinski definition) is 2. The van der Waals surface area contributed by atoms with Gasteiger partial charge in [0.25, 0.3) is 5.91 Å². The van der Waals surface area contributed by atoms with Crippen LogP contribution in [-0.4, -0.2) is 46.7 Å². The molecule has 4 heteroatoms. The highest BCUT2D eigenvalue weighted by atomic mass is 16.3. The molecule has 3 rings (SSSR count). The second-order valence-electron chi connectivity index (χ2n) is 8.58. The SMILES string of the molecule is CC(C)(O)CCc1cccc(C(=O)NC2(CN3CCCCC3)CC2)c1. The third-order valence-corrected chi connectivity index (χ3v) is 5.42. The fourth-order valence-corrected chi connectivity index (χ4v) is 3.65. The summed E-state index contributed by atoms with van der Waals surface area (Å²) in [4.78, 5) is 15.2. The molecule has 0 spiro atoms. The van der Waals surface area contributed by atoms with Crippen molar-refractivity contribution in [2.45, 2.75) is 69.9 Å². The summed E-state index contributed by atoms with van der Waals surface area (Å²) >= 11 is 0. The van der Waals surface area contributed by atoms with E-state index < -0.39 is 5.60 Å². The fourth-order valence-electron chi connectivity index (χ4n) is 3.65. The van der Waals surface area contributed by atoms with E-state index in [1.54, 1.807) is 0 Å². The van der Waals surface area contributed by atoms with E-state index in [0.717, 1.165) is 36.9 Å². The van der Waals surface area contributed by atoms with Gasteiger partial charge in [0.1, 0.15) is 0 Å². The van der Waals surface area contributed by atoms with E-state index >= 15 is 0 Å². The summed E-state index contributed by atoms with van der Waals surface area (Å²) in [6, 6.07) is 7.83. The Morgan fingerprint density at radius 1 is 1.24 bits per heavy atom. The molecule has 0 radical (unpaired) electrons. The van der Waals surface area contributed by atoms with Gasteiger partial charge in [-0.25, -0.2) is 0 Å². The third kappa shape index (κ3) is 5.55. The zero-order valence-corrected chi connectivity index (χ0v) is 15.7. The summed E-state index contributed by atoms with van der Waals surface area (Å²) in [7, 11) is 0. The lowest BCUT2D eigenvalue weighted by Crippen LogP contribution is -2.47. The number of aryl methyl sites for hydroxylation is 1. The Morgan fingerprint density at radius 2 is 1.96 bits per heavy atom. The molecule has 0 unspecified atom stereocenters. The van der Waals surface area contributed by atoms with E-state index in [1.165, 1.54) is 32.4 Å². The van der Waals surface area contributed by atoms with Crippen LogP contribution in [0.4, 0.5) is 0 Å². The van der Waals surface area contributed by atoms with E-state index in [1.807, 2.05) is 38.1 Å². The molecule has 1 saturated heterocycles. The molecule has 2 N–H and O–H groups in total. The van der Waals surface area contributed by atoms with Crippen LogP contribution in [0.5, 0.6) is 0 Å². The van der Waals surface area contributed by atoms with Gasteiger partial charge in [0.15, 0.2) is 0 Å². The smallest absolute Gasteiger partial charge is 0.251 e. The average Bonchev–Trinajstić information content (AvgIpc) is 3.32. The maximum atomic E-state index is 12.7. The van der Waals surface area contributed by atoms with Crippen molar-refractivity contribution in [1.29, 1.82) is 0 Å². The molecular formula is C21H32N2O2. The zero-order chi connectivity index (χ0) is 17.9. The minimum Gasteiger partial charge on any atom is -0.390 e. The maximum absolute atomic E-state index is 12.7. The number of carbonyl (C=O) groups excluding carboxylic acids is 1. The number of nitrogens with one attached hydrogen (secondary N) is 1. The van der Waals surface area contributed by atoms with Crippen LogP contribution in [0, 0.1) is 0 Å². The highest BCUT2D eigenvalue weighted by Crippen LogP contribution is 2.37. The third-order valence-electron chi connectivity index (χ3n) is 5.42. The van der Waals surface area contributed by atoms with Gasteiger partial charge >= 0.3 is 0 Å². The molecule has 1 aliphatic carbocycles. The quantitative estimate of drug-likeness (QED) is 0.799. The van der Waals surface area contributed by atoms with Gasteiger partial charge in [-0.3, -0.25) is 4.79 Å². The lowest BCUT2D eigenvalue weighted by atomic mass is 9.98. The van der Waals surface area contributed by atoms with Gasteiger partial charge in [-0.05, 0) is 83.2 Å². The van der Waals surface area contributed by atoms with Crippen LogP contribution >= 0.6 is 0 Å². The van der Waals surface area contributed by atoms with Gasteiger partial charge in [0, 0.05) is 12.1 Å². The predicted octanol–water partition coefficient (Wildman–Crippen LogP) is 3.14. The Labute approximate surface area is 151 Å². The van der Waals surface area contributed by atoms with Crippen molar-refractivity contribution in [3.63, 3.8) is 0 Å². The van der Waals surface area contributed by atoms with Gasteiger partial charge in [-0.2, -0.15) is 0 Å². The maximum Gasteiger partial charge on any atom is 0.251 e. The van der Waals surface area contributed by atoms with E-state index in [-0.39, 0.29) is 11.4 Å². The highest BCUT2D eigenvalue weighted by Gasteiger charge is 2.45. The van der Waals surface area contributed by atoms with Crippen LogP contribution in [0.2, 0.25) is 0 Å². The molecule has 0 bridgehead atoms. The molecule has 138 valence electrons. The predicted molar refractivity (Wildman–Crippen MR) is 101 cm³/mol. The molecule has 1 aliphatic heterocycles. The Balaban J connectivity index is 1.57. The van der Waals surface area contributed by atoms with E-state index in [0.29, 0.717) is 6.42 Å². The van der Waals surface area contributed by atoms with Crippen molar-refractivity contribution in [2.75, 3.05) is 19.6 Å². The second-order valence-corrected chi connectivity index (χ2v) is 8.58. The van der Waals surface area contributed by atoms with E-state index in [2.05, 4.69) is 10.2 Å². The number of nitrogens with zero attached hydrogens (tertiary/aromatic N) is 1. The Bertz CT molecular complexity index is 596. The largest absolute Gasteiger partial charge is 0.390 e. The van der Waals surface area contributed by atoms with Crippen molar-refractivity contribution in [1.82, 2.24) is 10.2 Å². The molecule has 1 aromatic carbocycles. The van der Waals surface area contributed by atoms with E-state index in [9.17, 15) is 9.90 Å². The van der Waals surface area contributed by atoms with Gasteiger partial charge in [0.2, 0.25) is 0 Å². The van der Waals surface area contributed by atoms with Crippen molar-refractivity contribution in [2.24, 2.45) is 0 Å². The molecule has 25 heavy (non-hydrogen) atoms. The molecule has 0 aromatic heterocycles. The minimum atomic E-state index is -0.676. The molecule has 1 amide bonds. The molecule has 1 aromatic rings. The summed E-state index contributed by atoms with van der Waals surface area (Å²) in [5.41, 5.74) is 1.16. The summed E-state index contributed by atoms with van der Waals surface area (Å²) in [6.07, 6.45) is 7.57. The summed E-state index contributed by atoms with van der Waals surface area (Å²) in [5.74, 6) is 0.0413. The zero-order valence-electron chi connectivity index (χ0n) is 15.7. The lowest BCUT2D eigenvalue weighted by Gasteiger charge is -2.31. The Kier molecular flexibility index (Phi) is 5.49. The van der Waals surface area contributed by atoms with Gasteiger partial charge in [-0.1, -0.05) is 18.6 Å². The average molecular weight is 344 g/mol. The molecule has 2 aliphatic rings. The van der Waals surface area contributed by atoms with E-state index in [4.69, 9.17) is 0 Å². The first-order valence-electron chi connectivity index (χ1n) is 9.72. The monoisotopic (exact) mass is 344 g/mol. The molecule has 1 heterocycles. The molecule has 0 atom stereocenters. The molecular weight excluding hydrogens is 312 g/mol. The van der Waals surface area contributed by atoms with Crippen molar-refractivity contribution in [3.8, 4) is 0 Å². The number of benzene rings is 1. The normalized spacial score (nSPS) is 20.3. The first kappa shape index (κ1) is 18.4. The molecule has 1 saturated carbocycles.